The molecule has 1 heteroatoms. The average Bonchev–Trinajstić information content (AvgIpc) is 2.00. The van der Waals surface area contributed by atoms with E-state index in [4.69, 9.17) is 0 Å². The van der Waals surface area contributed by atoms with E-state index in [0.29, 0.717) is 6.42 Å². The van der Waals surface area contributed by atoms with Gasteiger partial charge in [0.15, 0.2) is 0 Å². The van der Waals surface area contributed by atoms with E-state index in [2.05, 4.69) is 26.8 Å². The largest absolute Gasteiger partial charge is 0.303 e. The molecule has 0 fully saturated rings. The van der Waals surface area contributed by atoms with Gasteiger partial charge >= 0.3 is 0 Å². The van der Waals surface area contributed by atoms with Crippen LogP contribution >= 0.6 is 0 Å². The fraction of sp³-hybridized carbons (Fsp3) is 0.545. The minimum absolute atomic E-state index is 0.556. The van der Waals surface area contributed by atoms with Gasteiger partial charge in [-0.05, 0) is 33.6 Å². The van der Waals surface area contributed by atoms with Crippen LogP contribution in [-0.4, -0.2) is 6.29 Å². The number of allylic oxidation sites excluding steroid dienone is 4. The van der Waals surface area contributed by atoms with E-state index in [-0.39, 0.29) is 0 Å². The Balaban J connectivity index is 3.63. The van der Waals surface area contributed by atoms with Crippen molar-refractivity contribution in [3.05, 3.63) is 23.3 Å². The van der Waals surface area contributed by atoms with E-state index in [9.17, 15) is 4.79 Å². The van der Waals surface area contributed by atoms with Crippen LogP contribution in [0.3, 0.4) is 0 Å². The zero-order valence-electron chi connectivity index (χ0n) is 8.26. The number of carbonyl (C=O) groups excluding carboxylic acids is 1. The molecule has 0 amide bonds. The highest BCUT2D eigenvalue weighted by Crippen LogP contribution is 2.06. The van der Waals surface area contributed by atoms with Crippen LogP contribution in [0, 0.1) is 0 Å². The maximum absolute atomic E-state index is 10.0. The molecule has 0 aromatic rings. The Bertz CT molecular complexity index is 183. The monoisotopic (exact) mass is 166 g/mol. The van der Waals surface area contributed by atoms with Crippen molar-refractivity contribution in [1.29, 1.82) is 0 Å². The zero-order valence-corrected chi connectivity index (χ0v) is 8.26. The third-order valence-electron chi connectivity index (χ3n) is 1.65. The Labute approximate surface area is 75.2 Å². The molecular formula is C11H18O. The molecule has 1 nitrogen and oxygen atoms in total. The van der Waals surface area contributed by atoms with Gasteiger partial charge in [0.05, 0.1) is 0 Å². The molecule has 0 aromatic carbocycles. The molecule has 0 saturated heterocycles. The van der Waals surface area contributed by atoms with Crippen molar-refractivity contribution in [3.8, 4) is 0 Å². The van der Waals surface area contributed by atoms with Crippen LogP contribution in [0.5, 0.6) is 0 Å². The van der Waals surface area contributed by atoms with Crippen molar-refractivity contribution in [2.45, 2.75) is 40.0 Å². The van der Waals surface area contributed by atoms with Gasteiger partial charge in [-0.1, -0.05) is 23.3 Å². The first kappa shape index (κ1) is 11.2. The first-order valence-electron chi connectivity index (χ1n) is 4.39. The van der Waals surface area contributed by atoms with Crippen LogP contribution in [0.15, 0.2) is 23.3 Å². The van der Waals surface area contributed by atoms with E-state index in [1.165, 1.54) is 11.1 Å². The maximum atomic E-state index is 10.0. The number of carbonyl (C=O) groups is 1. The van der Waals surface area contributed by atoms with Crippen molar-refractivity contribution < 1.29 is 4.79 Å². The molecule has 0 saturated carbocycles. The van der Waals surface area contributed by atoms with E-state index in [0.717, 1.165) is 19.1 Å². The molecule has 0 radical (unpaired) electrons. The number of aldehydes is 1. The Morgan fingerprint density at radius 3 is 2.33 bits per heavy atom. The Hall–Kier alpha value is -0.850. The molecule has 0 rings (SSSR count). The van der Waals surface area contributed by atoms with Gasteiger partial charge < -0.3 is 4.79 Å². The third-order valence-corrected chi connectivity index (χ3v) is 1.65. The molecule has 0 aromatic heterocycles. The quantitative estimate of drug-likeness (QED) is 0.452. The predicted molar refractivity (Wildman–Crippen MR) is 53.1 cm³/mol. The molecule has 0 bridgehead atoms. The number of hydrogen-bond acceptors (Lipinski definition) is 1. The topological polar surface area (TPSA) is 17.1 Å². The van der Waals surface area contributed by atoms with E-state index in [1.807, 2.05) is 6.08 Å². The summed E-state index contributed by atoms with van der Waals surface area (Å²) >= 11 is 0. The summed E-state index contributed by atoms with van der Waals surface area (Å²) in [5, 5.41) is 0. The predicted octanol–water partition coefficient (Wildman–Crippen LogP) is 3.27. The van der Waals surface area contributed by atoms with Gasteiger partial charge in [0.1, 0.15) is 6.29 Å². The summed E-state index contributed by atoms with van der Waals surface area (Å²) in [5.41, 5.74) is 2.66. The van der Waals surface area contributed by atoms with E-state index >= 15 is 0 Å². The summed E-state index contributed by atoms with van der Waals surface area (Å²) in [6, 6.07) is 0. The lowest BCUT2D eigenvalue weighted by Gasteiger charge is -1.96. The molecule has 0 unspecified atom stereocenters. The van der Waals surface area contributed by atoms with Gasteiger partial charge in [-0.15, -0.1) is 0 Å². The van der Waals surface area contributed by atoms with Crippen molar-refractivity contribution in [1.82, 2.24) is 0 Å². The second kappa shape index (κ2) is 6.84. The summed E-state index contributed by atoms with van der Waals surface area (Å²) in [6.45, 7) is 6.28. The first-order chi connectivity index (χ1) is 5.66. The van der Waals surface area contributed by atoms with Crippen molar-refractivity contribution in [2.75, 3.05) is 0 Å². The van der Waals surface area contributed by atoms with Gasteiger partial charge in [-0.2, -0.15) is 0 Å². The van der Waals surface area contributed by atoms with Crippen LogP contribution in [-0.2, 0) is 4.79 Å². The molecule has 0 atom stereocenters. The molecule has 12 heavy (non-hydrogen) atoms. The Morgan fingerprint density at radius 2 is 1.83 bits per heavy atom. The third kappa shape index (κ3) is 7.26. The molecule has 0 aliphatic heterocycles. The normalized spacial score (nSPS) is 11.1. The lowest BCUT2D eigenvalue weighted by molar-refractivity contribution is -0.107. The summed E-state index contributed by atoms with van der Waals surface area (Å²) in [4.78, 5) is 10.0. The summed E-state index contributed by atoms with van der Waals surface area (Å²) < 4.78 is 0. The smallest absolute Gasteiger partial charge is 0.123 e. The Morgan fingerprint density at radius 1 is 1.17 bits per heavy atom. The van der Waals surface area contributed by atoms with Crippen LogP contribution in [0.25, 0.3) is 0 Å². The molecular weight excluding hydrogens is 148 g/mol. The second-order valence-corrected chi connectivity index (χ2v) is 3.27. The Kier molecular flexibility index (Phi) is 6.35. The van der Waals surface area contributed by atoms with E-state index < -0.39 is 0 Å². The van der Waals surface area contributed by atoms with E-state index in [1.54, 1.807) is 0 Å². The fourth-order valence-electron chi connectivity index (χ4n) is 0.940. The van der Waals surface area contributed by atoms with Crippen molar-refractivity contribution >= 4 is 6.29 Å². The first-order valence-corrected chi connectivity index (χ1v) is 4.39. The highest BCUT2D eigenvalue weighted by Gasteiger charge is 1.87. The van der Waals surface area contributed by atoms with Crippen LogP contribution in [0.1, 0.15) is 40.0 Å². The SMILES string of the molecule is CC(C)=CCC/C(C)=C/CC=O. The second-order valence-electron chi connectivity index (χ2n) is 3.27. The molecule has 68 valence electrons. The standard InChI is InChI=1S/C11H18O/c1-10(2)6-4-7-11(3)8-5-9-12/h6,8-9H,4-5,7H2,1-3H3/b11-8+. The van der Waals surface area contributed by atoms with Gasteiger partial charge in [-0.25, -0.2) is 0 Å². The van der Waals surface area contributed by atoms with Crippen LogP contribution < -0.4 is 0 Å². The maximum Gasteiger partial charge on any atom is 0.123 e. The lowest BCUT2D eigenvalue weighted by atomic mass is 10.1. The van der Waals surface area contributed by atoms with Crippen LogP contribution in [0.4, 0.5) is 0 Å². The molecule has 0 spiro atoms. The molecule has 0 aliphatic rings. The van der Waals surface area contributed by atoms with Gasteiger partial charge in [0.25, 0.3) is 0 Å². The lowest BCUT2D eigenvalue weighted by Crippen LogP contribution is -1.78. The fourth-order valence-corrected chi connectivity index (χ4v) is 0.940. The highest BCUT2D eigenvalue weighted by atomic mass is 16.1. The number of hydrogen-bond donors (Lipinski definition) is 0. The van der Waals surface area contributed by atoms with Gasteiger partial charge in [-0.3, -0.25) is 0 Å². The molecule has 0 aliphatic carbocycles. The molecule has 0 heterocycles. The minimum atomic E-state index is 0.556. The summed E-state index contributed by atoms with van der Waals surface area (Å²) in [6.07, 6.45) is 7.86. The van der Waals surface area contributed by atoms with Gasteiger partial charge in [0, 0.05) is 6.42 Å². The van der Waals surface area contributed by atoms with Crippen molar-refractivity contribution in [3.63, 3.8) is 0 Å². The zero-order chi connectivity index (χ0) is 9.40. The summed E-state index contributed by atoms with van der Waals surface area (Å²) in [7, 11) is 0. The average molecular weight is 166 g/mol. The summed E-state index contributed by atoms with van der Waals surface area (Å²) in [5.74, 6) is 0. The van der Waals surface area contributed by atoms with Crippen molar-refractivity contribution in [2.24, 2.45) is 0 Å². The molecule has 0 N–H and O–H groups in total. The number of rotatable bonds is 5. The highest BCUT2D eigenvalue weighted by molar-refractivity contribution is 5.52. The van der Waals surface area contributed by atoms with Gasteiger partial charge in [0.2, 0.25) is 0 Å². The van der Waals surface area contributed by atoms with Crippen LogP contribution in [0.2, 0.25) is 0 Å². The minimum Gasteiger partial charge on any atom is -0.303 e.